The highest BCUT2D eigenvalue weighted by atomic mass is 32.1. The van der Waals surface area contributed by atoms with Crippen LogP contribution in [0.2, 0.25) is 0 Å². The highest BCUT2D eigenvalue weighted by Gasteiger charge is 2.21. The lowest BCUT2D eigenvalue weighted by Gasteiger charge is -2.09. The number of ether oxygens (including phenoxy) is 2. The van der Waals surface area contributed by atoms with Crippen molar-refractivity contribution in [3.8, 4) is 5.75 Å². The maximum absolute atomic E-state index is 12.4. The van der Waals surface area contributed by atoms with Crippen molar-refractivity contribution < 1.29 is 19.1 Å². The predicted molar refractivity (Wildman–Crippen MR) is 99.5 cm³/mol. The topological polar surface area (TPSA) is 64.6 Å². The van der Waals surface area contributed by atoms with Crippen LogP contribution in [0.5, 0.6) is 5.75 Å². The molecule has 0 aliphatic heterocycles. The van der Waals surface area contributed by atoms with Crippen molar-refractivity contribution in [3.63, 3.8) is 0 Å². The number of benzene rings is 1. The molecule has 1 aromatic carbocycles. The van der Waals surface area contributed by atoms with E-state index >= 15 is 0 Å². The van der Waals surface area contributed by atoms with E-state index in [-0.39, 0.29) is 12.3 Å². The van der Waals surface area contributed by atoms with Crippen molar-refractivity contribution in [2.75, 3.05) is 19.5 Å². The summed E-state index contributed by atoms with van der Waals surface area (Å²) in [6.07, 6.45) is 0.960. The lowest BCUT2D eigenvalue weighted by molar-refractivity contribution is -0.115. The second-order valence-electron chi connectivity index (χ2n) is 6.13. The van der Waals surface area contributed by atoms with Crippen molar-refractivity contribution in [2.45, 2.75) is 26.7 Å². The molecule has 0 unspecified atom stereocenters. The van der Waals surface area contributed by atoms with Gasteiger partial charge in [0.2, 0.25) is 5.91 Å². The predicted octanol–water partition coefficient (Wildman–Crippen LogP) is 3.92. The number of nitrogens with one attached hydrogen (secondary N) is 1. The zero-order valence-corrected chi connectivity index (χ0v) is 15.7. The zero-order chi connectivity index (χ0) is 18.4. The Labute approximate surface area is 152 Å². The molecule has 5 nitrogen and oxygen atoms in total. The number of hydrogen-bond acceptors (Lipinski definition) is 5. The number of carbonyl (C=O) groups is 2. The fourth-order valence-corrected chi connectivity index (χ4v) is 3.52. The van der Waals surface area contributed by atoms with Gasteiger partial charge in [-0.05, 0) is 41.0 Å². The van der Waals surface area contributed by atoms with Crippen molar-refractivity contribution in [1.29, 1.82) is 0 Å². The normalized spacial score (nSPS) is 10.6. The number of amides is 1. The van der Waals surface area contributed by atoms with Crippen molar-refractivity contribution in [1.82, 2.24) is 0 Å². The number of carbonyl (C=O) groups excluding carboxylic acids is 2. The minimum atomic E-state index is -0.423. The molecule has 1 N–H and O–H groups in total. The number of thiophene rings is 1. The first-order valence-corrected chi connectivity index (χ1v) is 8.94. The van der Waals surface area contributed by atoms with Crippen LogP contribution in [0, 0.1) is 5.92 Å². The van der Waals surface area contributed by atoms with E-state index in [1.54, 1.807) is 7.11 Å². The molecule has 25 heavy (non-hydrogen) atoms. The summed E-state index contributed by atoms with van der Waals surface area (Å²) in [4.78, 5) is 24.5. The molecule has 1 aromatic heterocycles. The van der Waals surface area contributed by atoms with Crippen molar-refractivity contribution >= 4 is 28.2 Å². The van der Waals surface area contributed by atoms with E-state index in [1.807, 2.05) is 29.6 Å². The van der Waals surface area contributed by atoms with Gasteiger partial charge in [0.1, 0.15) is 10.8 Å². The van der Waals surface area contributed by atoms with Crippen LogP contribution in [0.4, 0.5) is 5.00 Å². The summed E-state index contributed by atoms with van der Waals surface area (Å²) in [6, 6.07) is 7.35. The molecule has 0 saturated heterocycles. The third-order valence-electron chi connectivity index (χ3n) is 3.64. The zero-order valence-electron chi connectivity index (χ0n) is 14.9. The summed E-state index contributed by atoms with van der Waals surface area (Å²) in [6.45, 7) is 4.17. The van der Waals surface area contributed by atoms with Gasteiger partial charge < -0.3 is 14.8 Å². The standard InChI is InChI=1S/C19H23NO4S/c1-12(2)8-14-11-25-18(17(14)19(22)24-4)20-16(21)10-13-6-5-7-15(9-13)23-3/h5-7,9,11-12H,8,10H2,1-4H3,(H,20,21). The van der Waals surface area contributed by atoms with E-state index in [1.165, 1.54) is 18.4 Å². The molecule has 1 heterocycles. The van der Waals surface area contributed by atoms with Gasteiger partial charge in [-0.2, -0.15) is 0 Å². The Hall–Kier alpha value is -2.34. The van der Waals surface area contributed by atoms with E-state index in [2.05, 4.69) is 19.2 Å². The smallest absolute Gasteiger partial charge is 0.341 e. The Bertz CT molecular complexity index is 752. The largest absolute Gasteiger partial charge is 0.497 e. The summed E-state index contributed by atoms with van der Waals surface area (Å²) in [5.41, 5.74) is 2.21. The number of methoxy groups -OCH3 is 2. The number of esters is 1. The van der Waals surface area contributed by atoms with E-state index in [0.717, 1.165) is 17.5 Å². The molecule has 0 fully saturated rings. The van der Waals surface area contributed by atoms with Gasteiger partial charge in [-0.25, -0.2) is 4.79 Å². The second kappa shape index (κ2) is 8.67. The maximum Gasteiger partial charge on any atom is 0.341 e. The van der Waals surface area contributed by atoms with Crippen molar-refractivity contribution in [3.05, 3.63) is 46.3 Å². The molecule has 2 rings (SSSR count). The Morgan fingerprint density at radius 1 is 1.24 bits per heavy atom. The fraction of sp³-hybridized carbons (Fsp3) is 0.368. The van der Waals surface area contributed by atoms with Crippen LogP contribution in [0.15, 0.2) is 29.6 Å². The van der Waals surface area contributed by atoms with Gasteiger partial charge in [-0.3, -0.25) is 4.79 Å². The van der Waals surface area contributed by atoms with Gasteiger partial charge in [0, 0.05) is 0 Å². The monoisotopic (exact) mass is 361 g/mol. The first kappa shape index (κ1) is 19.0. The molecule has 0 aliphatic rings. The second-order valence-corrected chi connectivity index (χ2v) is 7.01. The van der Waals surface area contributed by atoms with E-state index in [0.29, 0.717) is 22.2 Å². The van der Waals surface area contributed by atoms with Gasteiger partial charge in [0.05, 0.1) is 26.2 Å². The Kier molecular flexibility index (Phi) is 6.58. The first-order valence-electron chi connectivity index (χ1n) is 8.06. The van der Waals surface area contributed by atoms with Gasteiger partial charge in [-0.15, -0.1) is 11.3 Å². The van der Waals surface area contributed by atoms with E-state index < -0.39 is 5.97 Å². The van der Waals surface area contributed by atoms with Crippen LogP contribution in [0.3, 0.4) is 0 Å². The summed E-state index contributed by atoms with van der Waals surface area (Å²) < 4.78 is 10.1. The highest BCUT2D eigenvalue weighted by Crippen LogP contribution is 2.31. The fourth-order valence-electron chi connectivity index (χ4n) is 2.54. The molecule has 2 aromatic rings. The highest BCUT2D eigenvalue weighted by molar-refractivity contribution is 7.15. The third kappa shape index (κ3) is 5.06. The third-order valence-corrected chi connectivity index (χ3v) is 4.58. The van der Waals surface area contributed by atoms with Crippen LogP contribution >= 0.6 is 11.3 Å². The number of rotatable bonds is 7. The number of anilines is 1. The van der Waals surface area contributed by atoms with Gasteiger partial charge in [0.15, 0.2) is 0 Å². The Balaban J connectivity index is 2.16. The summed E-state index contributed by atoms with van der Waals surface area (Å²) in [5.74, 6) is 0.499. The van der Waals surface area contributed by atoms with Crippen LogP contribution in [-0.4, -0.2) is 26.1 Å². The molecule has 0 spiro atoms. The van der Waals surface area contributed by atoms with Gasteiger partial charge in [0.25, 0.3) is 0 Å². The lowest BCUT2D eigenvalue weighted by Crippen LogP contribution is -2.16. The Morgan fingerprint density at radius 3 is 2.64 bits per heavy atom. The molecule has 0 radical (unpaired) electrons. The van der Waals surface area contributed by atoms with Crippen LogP contribution in [-0.2, 0) is 22.4 Å². The van der Waals surface area contributed by atoms with Crippen LogP contribution in [0.25, 0.3) is 0 Å². The molecule has 6 heteroatoms. The molecule has 0 bridgehead atoms. The minimum Gasteiger partial charge on any atom is -0.497 e. The lowest BCUT2D eigenvalue weighted by atomic mass is 10.0. The van der Waals surface area contributed by atoms with Gasteiger partial charge in [-0.1, -0.05) is 26.0 Å². The molecule has 0 saturated carbocycles. The van der Waals surface area contributed by atoms with Crippen LogP contribution < -0.4 is 10.1 Å². The molecule has 1 amide bonds. The summed E-state index contributed by atoms with van der Waals surface area (Å²) in [5, 5.41) is 5.29. The quantitative estimate of drug-likeness (QED) is 0.759. The van der Waals surface area contributed by atoms with E-state index in [9.17, 15) is 9.59 Å². The SMILES string of the molecule is COC(=O)c1c(CC(C)C)csc1NC(=O)Cc1cccc(OC)c1. The maximum atomic E-state index is 12.4. The first-order chi connectivity index (χ1) is 11.9. The average Bonchev–Trinajstić information content (AvgIpc) is 2.95. The van der Waals surface area contributed by atoms with E-state index in [4.69, 9.17) is 9.47 Å². The molecule has 134 valence electrons. The van der Waals surface area contributed by atoms with Crippen molar-refractivity contribution in [2.24, 2.45) is 5.92 Å². The Morgan fingerprint density at radius 2 is 2.00 bits per heavy atom. The molecular formula is C19H23NO4S. The summed E-state index contributed by atoms with van der Waals surface area (Å²) in [7, 11) is 2.94. The molecular weight excluding hydrogens is 338 g/mol. The molecule has 0 atom stereocenters. The number of hydrogen-bond donors (Lipinski definition) is 1. The minimum absolute atomic E-state index is 0.184. The average molecular weight is 361 g/mol. The van der Waals surface area contributed by atoms with Gasteiger partial charge >= 0.3 is 5.97 Å². The molecule has 0 aliphatic carbocycles. The summed E-state index contributed by atoms with van der Waals surface area (Å²) >= 11 is 1.35. The van der Waals surface area contributed by atoms with Crippen LogP contribution in [0.1, 0.15) is 35.3 Å².